The van der Waals surface area contributed by atoms with Crippen LogP contribution in [0.3, 0.4) is 0 Å². The van der Waals surface area contributed by atoms with Crippen molar-refractivity contribution in [3.63, 3.8) is 0 Å². The Morgan fingerprint density at radius 3 is 3.08 bits per heavy atom. The summed E-state index contributed by atoms with van der Waals surface area (Å²) in [5, 5.41) is 2.77. The van der Waals surface area contributed by atoms with Crippen LogP contribution >= 0.6 is 11.3 Å². The summed E-state index contributed by atoms with van der Waals surface area (Å²) in [7, 11) is 0. The summed E-state index contributed by atoms with van der Waals surface area (Å²) in [5.74, 6) is -0.0599. The molecule has 1 aromatic rings. The van der Waals surface area contributed by atoms with E-state index < -0.39 is 0 Å². The van der Waals surface area contributed by atoms with E-state index in [1.807, 2.05) is 13.8 Å². The highest BCUT2D eigenvalue weighted by molar-refractivity contribution is 7.09. The molecular weight excluding hydrogens is 184 g/mol. The van der Waals surface area contributed by atoms with E-state index in [0.717, 1.165) is 10.6 Å². The lowest BCUT2D eigenvalue weighted by atomic mass is 10.4. The van der Waals surface area contributed by atoms with E-state index in [2.05, 4.69) is 10.3 Å². The standard InChI is InChI=1S/C9H12N2OS/c1-3-4-9(12)10-5-8-7(2)11-6-13-8/h3-4,6H,5H2,1-2H3,(H,10,12). The fourth-order valence-corrected chi connectivity index (χ4v) is 1.59. The first-order chi connectivity index (χ1) is 6.24. The lowest BCUT2D eigenvalue weighted by Crippen LogP contribution is -2.19. The van der Waals surface area contributed by atoms with Crippen molar-refractivity contribution in [1.82, 2.24) is 10.3 Å². The first-order valence-electron chi connectivity index (χ1n) is 4.03. The van der Waals surface area contributed by atoms with Crippen LogP contribution in [0.4, 0.5) is 0 Å². The van der Waals surface area contributed by atoms with E-state index in [9.17, 15) is 4.79 Å². The van der Waals surface area contributed by atoms with E-state index in [4.69, 9.17) is 0 Å². The molecule has 4 heteroatoms. The molecule has 1 heterocycles. The van der Waals surface area contributed by atoms with E-state index in [1.165, 1.54) is 6.08 Å². The lowest BCUT2D eigenvalue weighted by Gasteiger charge is -1.99. The molecule has 0 saturated heterocycles. The molecule has 0 aliphatic carbocycles. The highest BCUT2D eigenvalue weighted by Crippen LogP contribution is 2.10. The van der Waals surface area contributed by atoms with Crippen molar-refractivity contribution in [3.8, 4) is 0 Å². The molecule has 0 saturated carbocycles. The van der Waals surface area contributed by atoms with Crippen molar-refractivity contribution in [1.29, 1.82) is 0 Å². The fraction of sp³-hybridized carbons (Fsp3) is 0.333. The van der Waals surface area contributed by atoms with Crippen LogP contribution in [0.5, 0.6) is 0 Å². The Bertz CT molecular complexity index is 317. The highest BCUT2D eigenvalue weighted by Gasteiger charge is 2.01. The predicted octanol–water partition coefficient (Wildman–Crippen LogP) is 1.64. The zero-order valence-corrected chi connectivity index (χ0v) is 8.52. The molecule has 0 bridgehead atoms. The average Bonchev–Trinajstić information content (AvgIpc) is 2.48. The van der Waals surface area contributed by atoms with Gasteiger partial charge in [-0.25, -0.2) is 4.98 Å². The summed E-state index contributed by atoms with van der Waals surface area (Å²) in [6, 6.07) is 0. The summed E-state index contributed by atoms with van der Waals surface area (Å²) in [4.78, 5) is 16.2. The van der Waals surface area contributed by atoms with Gasteiger partial charge in [0, 0.05) is 4.88 Å². The van der Waals surface area contributed by atoms with E-state index >= 15 is 0 Å². The molecule has 0 aromatic carbocycles. The number of nitrogens with zero attached hydrogens (tertiary/aromatic N) is 1. The molecule has 0 radical (unpaired) electrons. The minimum absolute atomic E-state index is 0.0599. The van der Waals surface area contributed by atoms with Crippen LogP contribution in [0.15, 0.2) is 17.7 Å². The molecule has 1 aromatic heterocycles. The number of carbonyl (C=O) groups excluding carboxylic acids is 1. The van der Waals surface area contributed by atoms with Gasteiger partial charge in [-0.2, -0.15) is 0 Å². The fourth-order valence-electron chi connectivity index (χ4n) is 0.874. The first kappa shape index (κ1) is 9.92. The number of nitrogens with one attached hydrogen (secondary N) is 1. The predicted molar refractivity (Wildman–Crippen MR) is 53.5 cm³/mol. The molecule has 1 N–H and O–H groups in total. The maximum Gasteiger partial charge on any atom is 0.243 e. The van der Waals surface area contributed by atoms with Gasteiger partial charge in [-0.15, -0.1) is 11.3 Å². The topological polar surface area (TPSA) is 42.0 Å². The van der Waals surface area contributed by atoms with E-state index in [-0.39, 0.29) is 5.91 Å². The van der Waals surface area contributed by atoms with Crippen LogP contribution in [-0.2, 0) is 11.3 Å². The Kier molecular flexibility index (Phi) is 3.64. The SMILES string of the molecule is CC=CC(=O)NCc1scnc1C. The lowest BCUT2D eigenvalue weighted by molar-refractivity contribution is -0.116. The molecule has 0 unspecified atom stereocenters. The van der Waals surface area contributed by atoms with Crippen molar-refractivity contribution in [2.24, 2.45) is 0 Å². The summed E-state index contributed by atoms with van der Waals surface area (Å²) >= 11 is 1.56. The zero-order valence-electron chi connectivity index (χ0n) is 7.70. The van der Waals surface area contributed by atoms with Gasteiger partial charge in [0.25, 0.3) is 0 Å². The monoisotopic (exact) mass is 196 g/mol. The van der Waals surface area contributed by atoms with Gasteiger partial charge in [0.1, 0.15) is 0 Å². The molecule has 0 aliphatic heterocycles. The number of aryl methyl sites for hydroxylation is 1. The van der Waals surface area contributed by atoms with Crippen LogP contribution in [0.1, 0.15) is 17.5 Å². The Morgan fingerprint density at radius 1 is 1.77 bits per heavy atom. The molecule has 1 rings (SSSR count). The number of thiazole rings is 1. The summed E-state index contributed by atoms with van der Waals surface area (Å²) < 4.78 is 0. The highest BCUT2D eigenvalue weighted by atomic mass is 32.1. The number of aromatic nitrogens is 1. The number of allylic oxidation sites excluding steroid dienone is 1. The molecule has 1 amide bonds. The van der Waals surface area contributed by atoms with Crippen LogP contribution in [0.25, 0.3) is 0 Å². The molecule has 13 heavy (non-hydrogen) atoms. The molecule has 0 spiro atoms. The summed E-state index contributed by atoms with van der Waals surface area (Å²) in [6.07, 6.45) is 3.23. The third-order valence-corrected chi connectivity index (χ3v) is 2.52. The van der Waals surface area contributed by atoms with E-state index in [0.29, 0.717) is 6.54 Å². The first-order valence-corrected chi connectivity index (χ1v) is 4.91. The Hall–Kier alpha value is -1.16. The van der Waals surface area contributed by atoms with Gasteiger partial charge < -0.3 is 5.32 Å². The van der Waals surface area contributed by atoms with Crippen molar-refractivity contribution in [2.45, 2.75) is 20.4 Å². The third kappa shape index (κ3) is 2.99. The van der Waals surface area contributed by atoms with Crippen molar-refractivity contribution in [3.05, 3.63) is 28.2 Å². The van der Waals surface area contributed by atoms with Crippen molar-refractivity contribution >= 4 is 17.2 Å². The minimum Gasteiger partial charge on any atom is -0.348 e. The van der Waals surface area contributed by atoms with Crippen molar-refractivity contribution in [2.75, 3.05) is 0 Å². The number of carbonyl (C=O) groups is 1. The molecular formula is C9H12N2OS. The summed E-state index contributed by atoms with van der Waals surface area (Å²) in [5.41, 5.74) is 2.78. The maximum absolute atomic E-state index is 11.0. The van der Waals surface area contributed by atoms with Gasteiger partial charge in [0.2, 0.25) is 5.91 Å². The average molecular weight is 196 g/mol. The van der Waals surface area contributed by atoms with Crippen LogP contribution in [0, 0.1) is 6.92 Å². The third-order valence-electron chi connectivity index (χ3n) is 1.59. The van der Waals surface area contributed by atoms with Crippen LogP contribution in [0.2, 0.25) is 0 Å². The van der Waals surface area contributed by atoms with Gasteiger partial charge in [-0.3, -0.25) is 4.79 Å². The molecule has 0 fully saturated rings. The van der Waals surface area contributed by atoms with Gasteiger partial charge in [0.05, 0.1) is 17.7 Å². The zero-order chi connectivity index (χ0) is 9.68. The minimum atomic E-state index is -0.0599. The van der Waals surface area contributed by atoms with Gasteiger partial charge in [-0.05, 0) is 19.9 Å². The maximum atomic E-state index is 11.0. The van der Waals surface area contributed by atoms with Gasteiger partial charge in [-0.1, -0.05) is 6.08 Å². The smallest absolute Gasteiger partial charge is 0.243 e. The second-order valence-electron chi connectivity index (χ2n) is 2.58. The quantitative estimate of drug-likeness (QED) is 0.747. The number of hydrogen-bond donors (Lipinski definition) is 1. The largest absolute Gasteiger partial charge is 0.348 e. The Balaban J connectivity index is 2.44. The van der Waals surface area contributed by atoms with Crippen molar-refractivity contribution < 1.29 is 4.79 Å². The van der Waals surface area contributed by atoms with E-state index in [1.54, 1.807) is 22.9 Å². The van der Waals surface area contributed by atoms with Crippen LogP contribution in [-0.4, -0.2) is 10.9 Å². The number of amides is 1. The molecule has 0 atom stereocenters. The second-order valence-corrected chi connectivity index (χ2v) is 3.52. The Morgan fingerprint density at radius 2 is 2.54 bits per heavy atom. The van der Waals surface area contributed by atoms with Gasteiger partial charge in [0.15, 0.2) is 0 Å². The number of hydrogen-bond acceptors (Lipinski definition) is 3. The normalized spacial score (nSPS) is 10.6. The summed E-state index contributed by atoms with van der Waals surface area (Å²) in [6.45, 7) is 4.32. The van der Waals surface area contributed by atoms with Crippen LogP contribution < -0.4 is 5.32 Å². The molecule has 70 valence electrons. The number of rotatable bonds is 3. The van der Waals surface area contributed by atoms with Gasteiger partial charge >= 0.3 is 0 Å². The molecule has 3 nitrogen and oxygen atoms in total. The Labute approximate surface area is 81.5 Å². The molecule has 0 aliphatic rings. The second kappa shape index (κ2) is 4.77.